The number of nitrogens with zero attached hydrogens (tertiary/aromatic N) is 2. The van der Waals surface area contributed by atoms with Crippen molar-refractivity contribution in [2.45, 2.75) is 44.1 Å². The first-order valence-corrected chi connectivity index (χ1v) is 7.79. The number of carboxylic acid groups (broad SMARTS) is 1. The number of aromatic nitrogens is 2. The molecule has 20 heavy (non-hydrogen) atoms. The van der Waals surface area contributed by atoms with Crippen LogP contribution in [-0.4, -0.2) is 26.6 Å². The lowest BCUT2D eigenvalue weighted by atomic mass is 9.90. The second-order valence-corrected chi connectivity index (χ2v) is 6.20. The van der Waals surface area contributed by atoms with Crippen molar-refractivity contribution in [1.29, 1.82) is 0 Å². The number of hydrogen-bond donors (Lipinski definition) is 2. The number of carboxylic acids is 1. The van der Waals surface area contributed by atoms with Gasteiger partial charge in [0.05, 0.1) is 10.2 Å². The summed E-state index contributed by atoms with van der Waals surface area (Å²) < 4.78 is 0.928. The van der Waals surface area contributed by atoms with Crippen molar-refractivity contribution in [2.24, 2.45) is 0 Å². The first-order chi connectivity index (χ1) is 9.71. The van der Waals surface area contributed by atoms with Crippen LogP contribution in [0, 0.1) is 0 Å². The summed E-state index contributed by atoms with van der Waals surface area (Å²) in [5, 5.41) is 14.9. The van der Waals surface area contributed by atoms with Gasteiger partial charge >= 0.3 is 5.97 Å². The quantitative estimate of drug-likeness (QED) is 0.849. The first-order valence-electron chi connectivity index (χ1n) is 6.91. The van der Waals surface area contributed by atoms with Crippen LogP contribution in [0.15, 0.2) is 17.8 Å². The van der Waals surface area contributed by atoms with Crippen molar-refractivity contribution in [3.63, 3.8) is 0 Å². The topological polar surface area (TPSA) is 75.1 Å². The lowest BCUT2D eigenvalue weighted by Gasteiger charge is -2.29. The Morgan fingerprint density at radius 1 is 1.25 bits per heavy atom. The van der Waals surface area contributed by atoms with Gasteiger partial charge < -0.3 is 10.4 Å². The second kappa shape index (κ2) is 5.36. The van der Waals surface area contributed by atoms with Gasteiger partial charge in [-0.25, -0.2) is 14.8 Å². The molecule has 106 valence electrons. The normalized spacial score (nSPS) is 18.6. The highest BCUT2D eigenvalue weighted by molar-refractivity contribution is 7.17. The number of fused-ring (bicyclic) bond motifs is 1. The summed E-state index contributed by atoms with van der Waals surface area (Å²) in [5.74, 6) is -0.128. The Bertz CT molecular complexity index is 618. The van der Waals surface area contributed by atoms with Crippen LogP contribution in [0.2, 0.25) is 0 Å². The fourth-order valence-corrected chi connectivity index (χ4v) is 3.62. The lowest BCUT2D eigenvalue weighted by Crippen LogP contribution is -2.46. The van der Waals surface area contributed by atoms with Gasteiger partial charge in [0, 0.05) is 0 Å². The average molecular weight is 291 g/mol. The van der Waals surface area contributed by atoms with Crippen LogP contribution in [0.25, 0.3) is 10.2 Å². The van der Waals surface area contributed by atoms with Gasteiger partial charge in [0.2, 0.25) is 0 Å². The molecule has 0 bridgehead atoms. The van der Waals surface area contributed by atoms with Gasteiger partial charge in [-0.05, 0) is 24.3 Å². The Morgan fingerprint density at radius 3 is 2.70 bits per heavy atom. The molecule has 1 aliphatic carbocycles. The number of carbonyl (C=O) groups is 1. The Balaban J connectivity index is 1.97. The second-order valence-electron chi connectivity index (χ2n) is 5.28. The molecule has 1 aliphatic rings. The van der Waals surface area contributed by atoms with Crippen LogP contribution in [0.1, 0.15) is 38.5 Å². The number of hydrogen-bond acceptors (Lipinski definition) is 5. The zero-order valence-electron chi connectivity index (χ0n) is 11.1. The number of anilines is 1. The maximum atomic E-state index is 11.8. The molecule has 0 aliphatic heterocycles. The Labute approximate surface area is 121 Å². The van der Waals surface area contributed by atoms with Crippen LogP contribution in [0.5, 0.6) is 0 Å². The van der Waals surface area contributed by atoms with Gasteiger partial charge in [-0.1, -0.05) is 25.7 Å². The highest BCUT2D eigenvalue weighted by atomic mass is 32.1. The van der Waals surface area contributed by atoms with E-state index < -0.39 is 11.5 Å². The number of thiophene rings is 1. The minimum absolute atomic E-state index is 0.648. The van der Waals surface area contributed by atoms with Crippen LogP contribution in [0.4, 0.5) is 5.82 Å². The van der Waals surface area contributed by atoms with Crippen molar-refractivity contribution >= 4 is 33.3 Å². The number of rotatable bonds is 3. The third-order valence-corrected chi connectivity index (χ3v) is 4.88. The van der Waals surface area contributed by atoms with Crippen molar-refractivity contribution in [1.82, 2.24) is 9.97 Å². The third-order valence-electron chi connectivity index (χ3n) is 3.97. The molecule has 0 unspecified atom stereocenters. The molecule has 5 nitrogen and oxygen atoms in total. The molecule has 2 N–H and O–H groups in total. The molecule has 0 saturated heterocycles. The Hall–Kier alpha value is -1.69. The van der Waals surface area contributed by atoms with Crippen LogP contribution < -0.4 is 5.32 Å². The summed E-state index contributed by atoms with van der Waals surface area (Å²) in [6.45, 7) is 0. The van der Waals surface area contributed by atoms with Gasteiger partial charge in [0.1, 0.15) is 17.7 Å². The fraction of sp³-hybridized carbons (Fsp3) is 0.500. The van der Waals surface area contributed by atoms with E-state index in [2.05, 4.69) is 15.3 Å². The molecular weight excluding hydrogens is 274 g/mol. The standard InChI is InChI=1S/C14H17N3O2S/c18-13(19)14(6-3-1-2-4-7-14)17-12-11-10(5-8-20-11)15-9-16-12/h5,8-9H,1-4,6-7H2,(H,18,19)(H,15,16,17). The number of aliphatic carboxylic acids is 1. The number of nitrogens with one attached hydrogen (secondary N) is 1. The summed E-state index contributed by atoms with van der Waals surface area (Å²) in [7, 11) is 0. The van der Waals surface area contributed by atoms with Crippen molar-refractivity contribution < 1.29 is 9.90 Å². The van der Waals surface area contributed by atoms with Crippen LogP contribution in [0.3, 0.4) is 0 Å². The van der Waals surface area contributed by atoms with Crippen LogP contribution >= 0.6 is 11.3 Å². The third kappa shape index (κ3) is 2.35. The van der Waals surface area contributed by atoms with E-state index in [-0.39, 0.29) is 0 Å². The van der Waals surface area contributed by atoms with Crippen molar-refractivity contribution in [3.8, 4) is 0 Å². The Morgan fingerprint density at radius 2 is 2.00 bits per heavy atom. The molecule has 0 amide bonds. The molecule has 0 radical (unpaired) electrons. The molecule has 0 aromatic carbocycles. The van der Waals surface area contributed by atoms with Crippen LogP contribution in [-0.2, 0) is 4.79 Å². The van der Waals surface area contributed by atoms with E-state index in [0.717, 1.165) is 35.9 Å². The van der Waals surface area contributed by atoms with Gasteiger partial charge in [-0.15, -0.1) is 11.3 Å². The first kappa shape index (κ1) is 13.3. The summed E-state index contributed by atoms with van der Waals surface area (Å²) in [4.78, 5) is 20.3. The molecule has 1 saturated carbocycles. The molecule has 0 atom stereocenters. The lowest BCUT2D eigenvalue weighted by molar-refractivity contribution is -0.142. The predicted octanol–water partition coefficient (Wildman–Crippen LogP) is 3.28. The molecule has 2 aromatic heterocycles. The molecule has 0 spiro atoms. The summed E-state index contributed by atoms with van der Waals surface area (Å²) in [5.41, 5.74) is -0.0245. The van der Waals surface area contributed by atoms with Gasteiger partial charge in [-0.3, -0.25) is 0 Å². The van der Waals surface area contributed by atoms with E-state index in [9.17, 15) is 9.90 Å². The molecular formula is C14H17N3O2S. The Kier molecular flexibility index (Phi) is 3.56. The average Bonchev–Trinajstić information content (AvgIpc) is 2.79. The minimum atomic E-state index is -0.887. The largest absolute Gasteiger partial charge is 0.480 e. The molecule has 1 fully saturated rings. The summed E-state index contributed by atoms with van der Waals surface area (Å²) in [6, 6.07) is 1.92. The minimum Gasteiger partial charge on any atom is -0.480 e. The fourth-order valence-electron chi connectivity index (χ4n) is 2.83. The highest BCUT2D eigenvalue weighted by Gasteiger charge is 2.39. The highest BCUT2D eigenvalue weighted by Crippen LogP contribution is 2.33. The van der Waals surface area contributed by atoms with Gasteiger partial charge in [0.15, 0.2) is 0 Å². The maximum absolute atomic E-state index is 11.8. The van der Waals surface area contributed by atoms with Crippen molar-refractivity contribution in [2.75, 3.05) is 5.32 Å². The van der Waals surface area contributed by atoms with E-state index in [4.69, 9.17) is 0 Å². The molecule has 3 rings (SSSR count). The van der Waals surface area contributed by atoms with Crippen molar-refractivity contribution in [3.05, 3.63) is 17.8 Å². The summed E-state index contributed by atoms with van der Waals surface area (Å²) in [6.07, 6.45) is 6.89. The molecule has 6 heteroatoms. The summed E-state index contributed by atoms with van der Waals surface area (Å²) >= 11 is 1.54. The van der Waals surface area contributed by atoms with Gasteiger partial charge in [-0.2, -0.15) is 0 Å². The monoisotopic (exact) mass is 291 g/mol. The van der Waals surface area contributed by atoms with Gasteiger partial charge in [0.25, 0.3) is 0 Å². The van der Waals surface area contributed by atoms with E-state index in [1.165, 1.54) is 17.7 Å². The molecule has 2 heterocycles. The smallest absolute Gasteiger partial charge is 0.329 e. The van der Waals surface area contributed by atoms with E-state index in [1.807, 2.05) is 11.4 Å². The van der Waals surface area contributed by atoms with E-state index >= 15 is 0 Å². The zero-order valence-corrected chi connectivity index (χ0v) is 11.9. The maximum Gasteiger partial charge on any atom is 0.329 e. The van der Waals surface area contributed by atoms with E-state index in [1.54, 1.807) is 0 Å². The SMILES string of the molecule is O=C(O)C1(Nc2ncnc3ccsc23)CCCCCC1. The zero-order chi connectivity index (χ0) is 14.0. The predicted molar refractivity (Wildman–Crippen MR) is 79.1 cm³/mol. The molecule has 2 aromatic rings. The van der Waals surface area contributed by atoms with E-state index in [0.29, 0.717) is 18.7 Å².